The highest BCUT2D eigenvalue weighted by atomic mass is 32.2. The first-order valence-electron chi connectivity index (χ1n) is 8.98. The van der Waals surface area contributed by atoms with Crippen molar-refractivity contribution in [3.63, 3.8) is 0 Å². The molecule has 1 aliphatic heterocycles. The van der Waals surface area contributed by atoms with E-state index in [9.17, 15) is 13.2 Å². The first-order chi connectivity index (χ1) is 13.8. The number of thiophene rings is 1. The van der Waals surface area contributed by atoms with E-state index in [1.54, 1.807) is 33.4 Å². The zero-order valence-corrected chi connectivity index (χ0v) is 17.9. The summed E-state index contributed by atoms with van der Waals surface area (Å²) in [6.45, 7) is 0.591. The van der Waals surface area contributed by atoms with Crippen molar-refractivity contribution in [1.29, 1.82) is 0 Å². The number of amides is 1. The summed E-state index contributed by atoms with van der Waals surface area (Å²) in [5.41, 5.74) is 0.697. The number of aromatic nitrogens is 3. The molecule has 1 aliphatic rings. The number of aryl methyl sites for hydroxylation is 1. The summed E-state index contributed by atoms with van der Waals surface area (Å²) in [5.74, 6) is -0.154. The van der Waals surface area contributed by atoms with Gasteiger partial charge in [-0.05, 0) is 6.07 Å². The lowest BCUT2D eigenvalue weighted by atomic mass is 10.0. The van der Waals surface area contributed by atoms with Crippen LogP contribution in [0, 0.1) is 0 Å². The highest BCUT2D eigenvalue weighted by molar-refractivity contribution is 7.89. The number of ether oxygens (including phenoxy) is 1. The minimum Gasteiger partial charge on any atom is -0.371 e. The number of nitrogens with zero attached hydrogens (tertiary/aromatic N) is 5. The maximum atomic E-state index is 13.0. The van der Waals surface area contributed by atoms with Gasteiger partial charge in [-0.2, -0.15) is 9.40 Å². The lowest BCUT2D eigenvalue weighted by Gasteiger charge is -2.32. The average Bonchev–Trinajstić information content (AvgIpc) is 3.31. The van der Waals surface area contributed by atoms with E-state index in [-0.39, 0.29) is 30.5 Å². The van der Waals surface area contributed by atoms with Gasteiger partial charge < -0.3 is 9.64 Å². The van der Waals surface area contributed by atoms with E-state index in [1.807, 2.05) is 6.07 Å². The molecule has 11 heteroatoms. The molecule has 9 nitrogen and oxygen atoms in total. The van der Waals surface area contributed by atoms with Crippen LogP contribution in [0.5, 0.6) is 0 Å². The second-order valence-corrected chi connectivity index (χ2v) is 9.91. The molecule has 0 spiro atoms. The first kappa shape index (κ1) is 20.0. The van der Waals surface area contributed by atoms with E-state index in [0.717, 1.165) is 10.2 Å². The molecule has 0 radical (unpaired) electrons. The molecule has 29 heavy (non-hydrogen) atoms. The molecule has 1 atom stereocenters. The Balaban J connectivity index is 1.74. The van der Waals surface area contributed by atoms with E-state index < -0.39 is 16.1 Å². The molecule has 0 aromatic carbocycles. The minimum atomic E-state index is -3.71. The Kier molecular flexibility index (Phi) is 5.15. The fourth-order valence-electron chi connectivity index (χ4n) is 3.33. The van der Waals surface area contributed by atoms with Gasteiger partial charge in [-0.25, -0.2) is 13.4 Å². The monoisotopic (exact) mass is 435 g/mol. The smallest absolute Gasteiger partial charge is 0.263 e. The molecular formula is C18H21N5O4S2. The highest BCUT2D eigenvalue weighted by Gasteiger charge is 2.36. The number of morpholine rings is 1. The molecule has 1 saturated heterocycles. The van der Waals surface area contributed by atoms with Gasteiger partial charge in [-0.1, -0.05) is 6.07 Å². The van der Waals surface area contributed by atoms with Crippen molar-refractivity contribution < 1.29 is 17.9 Å². The van der Waals surface area contributed by atoms with Gasteiger partial charge in [0.2, 0.25) is 10.0 Å². The largest absolute Gasteiger partial charge is 0.371 e. The Morgan fingerprint density at radius 2 is 2.17 bits per heavy atom. The fraction of sp³-hybridized carbons (Fsp3) is 0.389. The maximum absolute atomic E-state index is 13.0. The van der Waals surface area contributed by atoms with Crippen LogP contribution in [-0.4, -0.2) is 72.1 Å². The minimum absolute atomic E-state index is 0.117. The molecule has 3 aromatic heterocycles. The molecule has 0 aliphatic carbocycles. The Bertz CT molecular complexity index is 1170. The maximum Gasteiger partial charge on any atom is 0.263 e. The van der Waals surface area contributed by atoms with Crippen LogP contribution in [0.4, 0.5) is 0 Å². The molecule has 154 valence electrons. The second kappa shape index (κ2) is 7.48. The molecule has 1 amide bonds. The Labute approximate surface area is 172 Å². The predicted octanol–water partition coefficient (Wildman–Crippen LogP) is 1.49. The lowest BCUT2D eigenvalue weighted by molar-refractivity contribution is -0.00203. The lowest BCUT2D eigenvalue weighted by Crippen LogP contribution is -2.42. The molecular weight excluding hydrogens is 414 g/mol. The molecule has 0 N–H and O–H groups in total. The zero-order valence-electron chi connectivity index (χ0n) is 16.3. The van der Waals surface area contributed by atoms with Crippen molar-refractivity contribution in [2.75, 3.05) is 33.8 Å². The van der Waals surface area contributed by atoms with Crippen LogP contribution in [0.15, 0.2) is 35.6 Å². The SMILES string of the molecule is CN(C)C(=O)c1sc2ncccc2c1C1CN(S(=O)(=O)c2cnn(C)c2)CCO1. The molecule has 0 bridgehead atoms. The highest BCUT2D eigenvalue weighted by Crippen LogP contribution is 2.38. The van der Waals surface area contributed by atoms with Crippen molar-refractivity contribution >= 4 is 37.5 Å². The molecule has 1 unspecified atom stereocenters. The number of hydrogen-bond donors (Lipinski definition) is 0. The molecule has 1 fully saturated rings. The quantitative estimate of drug-likeness (QED) is 0.616. The third kappa shape index (κ3) is 3.54. The van der Waals surface area contributed by atoms with Crippen LogP contribution in [0.3, 0.4) is 0 Å². The van der Waals surface area contributed by atoms with Crippen molar-refractivity contribution in [1.82, 2.24) is 24.0 Å². The normalized spacial score (nSPS) is 18.2. The molecule has 4 rings (SSSR count). The molecule has 0 saturated carbocycles. The van der Waals surface area contributed by atoms with Crippen LogP contribution in [-0.2, 0) is 21.8 Å². The number of carbonyl (C=O) groups is 1. The average molecular weight is 436 g/mol. The van der Waals surface area contributed by atoms with Crippen molar-refractivity contribution in [3.05, 3.63) is 41.2 Å². The predicted molar refractivity (Wildman–Crippen MR) is 108 cm³/mol. The van der Waals surface area contributed by atoms with Crippen molar-refractivity contribution in [3.8, 4) is 0 Å². The Morgan fingerprint density at radius 1 is 1.38 bits per heavy atom. The van der Waals surface area contributed by atoms with Gasteiger partial charge in [0.1, 0.15) is 14.6 Å². The number of sulfonamides is 1. The van der Waals surface area contributed by atoms with Gasteiger partial charge in [0.15, 0.2) is 0 Å². The number of pyridine rings is 1. The zero-order chi connectivity index (χ0) is 20.8. The van der Waals surface area contributed by atoms with E-state index in [0.29, 0.717) is 10.4 Å². The van der Waals surface area contributed by atoms with Crippen LogP contribution < -0.4 is 0 Å². The van der Waals surface area contributed by atoms with E-state index in [1.165, 1.54) is 37.6 Å². The molecule has 3 aromatic rings. The summed E-state index contributed by atoms with van der Waals surface area (Å²) >= 11 is 1.30. The Morgan fingerprint density at radius 3 is 2.86 bits per heavy atom. The summed E-state index contributed by atoms with van der Waals surface area (Å²) in [6.07, 6.45) is 3.93. The number of carbonyl (C=O) groups excluding carboxylic acids is 1. The van der Waals surface area contributed by atoms with Gasteiger partial charge in [-0.15, -0.1) is 11.3 Å². The van der Waals surface area contributed by atoms with Crippen molar-refractivity contribution in [2.45, 2.75) is 11.0 Å². The van der Waals surface area contributed by atoms with E-state index >= 15 is 0 Å². The number of hydrogen-bond acceptors (Lipinski definition) is 7. The standard InChI is InChI=1S/C18H21N5O4S2/c1-21(2)18(24)16-15(13-5-4-6-19-17(13)28-16)14-11-23(7-8-27-14)29(25,26)12-9-20-22(3)10-12/h4-6,9-10,14H,7-8,11H2,1-3H3. The fourth-order valence-corrected chi connectivity index (χ4v) is 5.96. The first-order valence-corrected chi connectivity index (χ1v) is 11.2. The van der Waals surface area contributed by atoms with Crippen LogP contribution >= 0.6 is 11.3 Å². The van der Waals surface area contributed by atoms with E-state index in [2.05, 4.69) is 10.1 Å². The van der Waals surface area contributed by atoms with Gasteiger partial charge >= 0.3 is 0 Å². The second-order valence-electron chi connectivity index (χ2n) is 6.97. The third-order valence-electron chi connectivity index (χ3n) is 4.78. The van der Waals surface area contributed by atoms with Crippen LogP contribution in [0.1, 0.15) is 21.3 Å². The summed E-state index contributed by atoms with van der Waals surface area (Å²) in [4.78, 5) is 20.0. The van der Waals surface area contributed by atoms with Crippen molar-refractivity contribution in [2.24, 2.45) is 7.05 Å². The summed E-state index contributed by atoms with van der Waals surface area (Å²) in [6, 6.07) is 3.69. The van der Waals surface area contributed by atoms with Gasteiger partial charge in [0.25, 0.3) is 5.91 Å². The van der Waals surface area contributed by atoms with Crippen LogP contribution in [0.2, 0.25) is 0 Å². The van der Waals surface area contributed by atoms with Crippen LogP contribution in [0.25, 0.3) is 10.2 Å². The van der Waals surface area contributed by atoms with E-state index in [4.69, 9.17) is 4.74 Å². The van der Waals surface area contributed by atoms with Gasteiger partial charge in [0, 0.05) is 57.6 Å². The number of fused-ring (bicyclic) bond motifs is 1. The summed E-state index contributed by atoms with van der Waals surface area (Å²) in [5, 5.41) is 4.78. The topological polar surface area (TPSA) is 97.6 Å². The third-order valence-corrected chi connectivity index (χ3v) is 7.71. The number of rotatable bonds is 4. The Hall–Kier alpha value is -2.34. The summed E-state index contributed by atoms with van der Waals surface area (Å²) < 4.78 is 34.9. The van der Waals surface area contributed by atoms with Gasteiger partial charge in [0.05, 0.1) is 18.9 Å². The summed E-state index contributed by atoms with van der Waals surface area (Å²) in [7, 11) is 1.34. The van der Waals surface area contributed by atoms with Gasteiger partial charge in [-0.3, -0.25) is 9.48 Å². The molecule has 4 heterocycles.